The summed E-state index contributed by atoms with van der Waals surface area (Å²) in [4.78, 5) is 29.3. The summed E-state index contributed by atoms with van der Waals surface area (Å²) in [6.45, 7) is 1.87. The van der Waals surface area contributed by atoms with Crippen LogP contribution < -0.4 is 5.56 Å². The summed E-state index contributed by atoms with van der Waals surface area (Å²) in [5.41, 5.74) is 2.30. The van der Waals surface area contributed by atoms with E-state index in [0.717, 1.165) is 11.1 Å². The van der Waals surface area contributed by atoms with Crippen molar-refractivity contribution in [3.8, 4) is 11.3 Å². The molecule has 6 heteroatoms. The van der Waals surface area contributed by atoms with Crippen LogP contribution in [0.1, 0.15) is 12.5 Å². The highest BCUT2D eigenvalue weighted by Crippen LogP contribution is 2.23. The third kappa shape index (κ3) is 5.08. The Kier molecular flexibility index (Phi) is 6.44. The molecule has 0 saturated carbocycles. The molecule has 0 spiro atoms. The van der Waals surface area contributed by atoms with E-state index in [0.29, 0.717) is 16.6 Å². The highest BCUT2D eigenvalue weighted by molar-refractivity contribution is 7.98. The van der Waals surface area contributed by atoms with Crippen molar-refractivity contribution in [2.75, 3.05) is 6.61 Å². The Labute approximate surface area is 162 Å². The van der Waals surface area contributed by atoms with E-state index < -0.39 is 5.97 Å². The van der Waals surface area contributed by atoms with Crippen LogP contribution in [-0.2, 0) is 21.8 Å². The zero-order valence-electron chi connectivity index (χ0n) is 15.0. The van der Waals surface area contributed by atoms with Gasteiger partial charge in [-0.1, -0.05) is 72.4 Å². The van der Waals surface area contributed by atoms with Crippen LogP contribution in [0, 0.1) is 0 Å². The van der Waals surface area contributed by atoms with Crippen LogP contribution in [0.3, 0.4) is 0 Å². The van der Waals surface area contributed by atoms with E-state index in [1.165, 1.54) is 22.4 Å². The lowest BCUT2D eigenvalue weighted by atomic mass is 10.1. The van der Waals surface area contributed by atoms with Crippen LogP contribution in [0.15, 0.2) is 76.7 Å². The van der Waals surface area contributed by atoms with Crippen LogP contribution in [0.5, 0.6) is 0 Å². The highest BCUT2D eigenvalue weighted by atomic mass is 32.2. The summed E-state index contributed by atoms with van der Waals surface area (Å²) in [7, 11) is 0. The molecule has 138 valence electrons. The molecular formula is C21H20N2O3S. The van der Waals surface area contributed by atoms with Gasteiger partial charge in [0.2, 0.25) is 0 Å². The number of carbonyl (C=O) groups excluding carboxylic acids is 1. The second kappa shape index (κ2) is 9.19. The third-order valence-corrected chi connectivity index (χ3v) is 4.89. The molecule has 0 unspecified atom stereocenters. The van der Waals surface area contributed by atoms with Crippen LogP contribution >= 0.6 is 11.8 Å². The minimum absolute atomic E-state index is 0.147. The summed E-state index contributed by atoms with van der Waals surface area (Å²) in [5, 5.41) is 0.498. The fourth-order valence-corrected chi connectivity index (χ4v) is 3.52. The summed E-state index contributed by atoms with van der Waals surface area (Å²) < 4.78 is 6.37. The zero-order valence-corrected chi connectivity index (χ0v) is 15.8. The molecule has 0 saturated heterocycles. The molecule has 27 heavy (non-hydrogen) atoms. The molecule has 5 nitrogen and oxygen atoms in total. The van der Waals surface area contributed by atoms with E-state index in [2.05, 4.69) is 4.98 Å². The smallest absolute Gasteiger partial charge is 0.326 e. The molecule has 1 aromatic heterocycles. The van der Waals surface area contributed by atoms with Gasteiger partial charge >= 0.3 is 5.97 Å². The van der Waals surface area contributed by atoms with Crippen LogP contribution in [-0.4, -0.2) is 22.1 Å². The van der Waals surface area contributed by atoms with Crippen LogP contribution in [0.2, 0.25) is 0 Å². The molecule has 0 aliphatic carbocycles. The molecule has 2 aromatic carbocycles. The van der Waals surface area contributed by atoms with E-state index in [-0.39, 0.29) is 18.7 Å². The van der Waals surface area contributed by atoms with Crippen molar-refractivity contribution in [2.45, 2.75) is 24.4 Å². The number of aromatic nitrogens is 2. The minimum atomic E-state index is -0.449. The summed E-state index contributed by atoms with van der Waals surface area (Å²) in [5.74, 6) is 0.198. The maximum atomic E-state index is 12.7. The fraction of sp³-hybridized carbons (Fsp3) is 0.190. The number of benzene rings is 2. The first kappa shape index (κ1) is 18.9. The minimum Gasteiger partial charge on any atom is -0.465 e. The van der Waals surface area contributed by atoms with Crippen LogP contribution in [0.4, 0.5) is 0 Å². The van der Waals surface area contributed by atoms with Crippen molar-refractivity contribution in [1.82, 2.24) is 9.55 Å². The lowest BCUT2D eigenvalue weighted by Gasteiger charge is -2.13. The van der Waals surface area contributed by atoms with Gasteiger partial charge in [0, 0.05) is 17.4 Å². The monoisotopic (exact) mass is 380 g/mol. The topological polar surface area (TPSA) is 61.2 Å². The Balaban J connectivity index is 1.95. The number of thioether (sulfide) groups is 1. The van der Waals surface area contributed by atoms with Gasteiger partial charge in [-0.25, -0.2) is 4.98 Å². The fourth-order valence-electron chi connectivity index (χ4n) is 2.56. The van der Waals surface area contributed by atoms with Gasteiger partial charge in [0.25, 0.3) is 5.56 Å². The van der Waals surface area contributed by atoms with E-state index in [4.69, 9.17) is 4.74 Å². The Hall–Kier alpha value is -2.86. The Morgan fingerprint density at radius 1 is 1.07 bits per heavy atom. The van der Waals surface area contributed by atoms with Crippen LogP contribution in [0.25, 0.3) is 11.3 Å². The van der Waals surface area contributed by atoms with Gasteiger partial charge in [-0.15, -0.1) is 0 Å². The number of carbonyl (C=O) groups is 1. The second-order valence-electron chi connectivity index (χ2n) is 5.79. The standard InChI is InChI=1S/C21H20N2O3S/c1-2-26-20(25)14-23-19(24)13-18(17-11-7-4-8-12-17)22-21(23)27-15-16-9-5-3-6-10-16/h3-13H,2,14-15H2,1H3. The number of nitrogens with zero attached hydrogens (tertiary/aromatic N) is 2. The number of hydrogen-bond acceptors (Lipinski definition) is 5. The first-order valence-corrected chi connectivity index (χ1v) is 9.65. The van der Waals surface area contributed by atoms with Gasteiger partial charge in [-0.2, -0.15) is 0 Å². The summed E-state index contributed by atoms with van der Waals surface area (Å²) >= 11 is 1.43. The van der Waals surface area contributed by atoms with Crippen molar-refractivity contribution in [1.29, 1.82) is 0 Å². The molecule has 0 fully saturated rings. The van der Waals surface area contributed by atoms with E-state index in [1.54, 1.807) is 6.92 Å². The SMILES string of the molecule is CCOC(=O)Cn1c(SCc2ccccc2)nc(-c2ccccc2)cc1=O. The molecule has 1 heterocycles. The quantitative estimate of drug-likeness (QED) is 0.355. The Morgan fingerprint density at radius 2 is 1.74 bits per heavy atom. The zero-order chi connectivity index (χ0) is 19.1. The van der Waals surface area contributed by atoms with Crippen molar-refractivity contribution >= 4 is 17.7 Å². The normalized spacial score (nSPS) is 10.6. The van der Waals surface area contributed by atoms with E-state index >= 15 is 0 Å². The number of ether oxygens (including phenoxy) is 1. The lowest BCUT2D eigenvalue weighted by Crippen LogP contribution is -2.27. The first-order valence-electron chi connectivity index (χ1n) is 8.67. The molecule has 3 aromatic rings. The lowest BCUT2D eigenvalue weighted by molar-refractivity contribution is -0.144. The Morgan fingerprint density at radius 3 is 2.41 bits per heavy atom. The molecule has 0 N–H and O–H groups in total. The first-order chi connectivity index (χ1) is 13.2. The van der Waals surface area contributed by atoms with E-state index in [9.17, 15) is 9.59 Å². The van der Waals surface area contributed by atoms with Gasteiger partial charge in [0.05, 0.1) is 12.3 Å². The molecule has 0 radical (unpaired) electrons. The predicted octanol–water partition coefficient (Wildman–Crippen LogP) is 3.77. The van der Waals surface area contributed by atoms with E-state index in [1.807, 2.05) is 60.7 Å². The maximum Gasteiger partial charge on any atom is 0.326 e. The largest absolute Gasteiger partial charge is 0.465 e. The van der Waals surface area contributed by atoms with Gasteiger partial charge < -0.3 is 4.74 Å². The number of rotatable bonds is 7. The average Bonchev–Trinajstić information content (AvgIpc) is 2.70. The molecule has 3 rings (SSSR count). The second-order valence-corrected chi connectivity index (χ2v) is 6.74. The summed E-state index contributed by atoms with van der Waals surface area (Å²) in [6, 6.07) is 20.9. The van der Waals surface area contributed by atoms with Crippen molar-refractivity contribution < 1.29 is 9.53 Å². The van der Waals surface area contributed by atoms with Gasteiger partial charge in [-0.05, 0) is 12.5 Å². The molecule has 0 aliphatic rings. The molecule has 0 amide bonds. The van der Waals surface area contributed by atoms with Crippen molar-refractivity contribution in [2.24, 2.45) is 0 Å². The Bertz CT molecular complexity index is 956. The number of hydrogen-bond donors (Lipinski definition) is 0. The average molecular weight is 380 g/mol. The summed E-state index contributed by atoms with van der Waals surface area (Å²) in [6.07, 6.45) is 0. The molecular weight excluding hydrogens is 360 g/mol. The third-order valence-electron chi connectivity index (χ3n) is 3.85. The highest BCUT2D eigenvalue weighted by Gasteiger charge is 2.14. The molecule has 0 bridgehead atoms. The van der Waals surface area contributed by atoms with Crippen molar-refractivity contribution in [3.63, 3.8) is 0 Å². The van der Waals surface area contributed by atoms with Gasteiger partial charge in [0.1, 0.15) is 6.54 Å². The maximum absolute atomic E-state index is 12.7. The molecule has 0 aliphatic heterocycles. The van der Waals surface area contributed by atoms with Gasteiger partial charge in [-0.3, -0.25) is 14.2 Å². The van der Waals surface area contributed by atoms with Crippen molar-refractivity contribution in [3.05, 3.63) is 82.6 Å². The predicted molar refractivity (Wildman–Crippen MR) is 107 cm³/mol. The molecule has 0 atom stereocenters. The van der Waals surface area contributed by atoms with Gasteiger partial charge in [0.15, 0.2) is 5.16 Å². The number of esters is 1.